The van der Waals surface area contributed by atoms with Gasteiger partial charge in [0.25, 0.3) is 0 Å². The zero-order valence-corrected chi connectivity index (χ0v) is 16.1. The second-order valence-electron chi connectivity index (χ2n) is 6.10. The molecule has 0 unspecified atom stereocenters. The number of nitrogens with zero attached hydrogens (tertiary/aromatic N) is 1. The Morgan fingerprint density at radius 3 is 2.44 bits per heavy atom. The smallest absolute Gasteiger partial charge is 0.239 e. The Morgan fingerprint density at radius 2 is 1.78 bits per heavy atom. The predicted molar refractivity (Wildman–Crippen MR) is 105 cm³/mol. The average molecular weight is 404 g/mol. The highest BCUT2D eigenvalue weighted by Gasteiger charge is 2.19. The van der Waals surface area contributed by atoms with Gasteiger partial charge in [0.05, 0.1) is 11.4 Å². The van der Waals surface area contributed by atoms with Crippen LogP contribution in [-0.2, 0) is 20.4 Å². The molecule has 0 saturated carbocycles. The minimum Gasteiger partial charge on any atom is -0.325 e. The first-order valence-corrected chi connectivity index (χ1v) is 10.8. The summed E-state index contributed by atoms with van der Waals surface area (Å²) in [5.41, 5.74) is 2.67. The van der Waals surface area contributed by atoms with Gasteiger partial charge in [0.2, 0.25) is 5.91 Å². The van der Waals surface area contributed by atoms with E-state index in [0.717, 1.165) is 5.56 Å². The lowest BCUT2D eigenvalue weighted by Gasteiger charge is -2.06. The summed E-state index contributed by atoms with van der Waals surface area (Å²) >= 11 is 1.27. The van der Waals surface area contributed by atoms with Crippen LogP contribution in [0.4, 0.5) is 10.1 Å². The molecule has 0 saturated heterocycles. The molecule has 0 radical (unpaired) electrons. The Hall–Kier alpha value is -2.58. The molecule has 0 aliphatic carbocycles. The van der Waals surface area contributed by atoms with Gasteiger partial charge in [-0.3, -0.25) is 4.79 Å². The summed E-state index contributed by atoms with van der Waals surface area (Å²) in [5, 5.41) is 4.81. The number of aryl methyl sites for hydroxylation is 1. The first-order valence-electron chi connectivity index (χ1n) is 8.08. The van der Waals surface area contributed by atoms with Crippen molar-refractivity contribution in [1.29, 1.82) is 0 Å². The summed E-state index contributed by atoms with van der Waals surface area (Å²) in [6, 6.07) is 12.9. The largest absolute Gasteiger partial charge is 0.325 e. The Labute approximate surface area is 160 Å². The topological polar surface area (TPSA) is 76.1 Å². The van der Waals surface area contributed by atoms with E-state index in [0.29, 0.717) is 22.0 Å². The zero-order chi connectivity index (χ0) is 19.4. The van der Waals surface area contributed by atoms with E-state index >= 15 is 0 Å². The van der Waals surface area contributed by atoms with Crippen LogP contribution in [0.5, 0.6) is 0 Å². The van der Waals surface area contributed by atoms with E-state index in [2.05, 4.69) is 10.3 Å². The number of halogens is 1. The van der Waals surface area contributed by atoms with E-state index in [9.17, 15) is 17.6 Å². The summed E-state index contributed by atoms with van der Waals surface area (Å²) in [6.07, 6.45) is 0. The molecule has 140 valence electrons. The van der Waals surface area contributed by atoms with Crippen molar-refractivity contribution >= 4 is 32.8 Å². The van der Waals surface area contributed by atoms with Gasteiger partial charge in [0.15, 0.2) is 9.84 Å². The van der Waals surface area contributed by atoms with Crippen molar-refractivity contribution in [3.63, 3.8) is 0 Å². The molecule has 27 heavy (non-hydrogen) atoms. The minimum absolute atomic E-state index is 0.327. The number of sulfone groups is 1. The molecular weight excluding hydrogens is 387 g/mol. The monoisotopic (exact) mass is 404 g/mol. The number of nitrogens with one attached hydrogen (secondary N) is 1. The fourth-order valence-electron chi connectivity index (χ4n) is 2.41. The number of anilines is 1. The molecule has 1 N–H and O–H groups in total. The van der Waals surface area contributed by atoms with Gasteiger partial charge in [-0.15, -0.1) is 11.3 Å². The average Bonchev–Trinajstić information content (AvgIpc) is 3.04. The number of benzene rings is 2. The van der Waals surface area contributed by atoms with Crippen molar-refractivity contribution in [2.75, 3.05) is 11.1 Å². The minimum atomic E-state index is -3.67. The molecule has 0 aliphatic heterocycles. The molecule has 5 nitrogen and oxygen atoms in total. The van der Waals surface area contributed by atoms with Crippen LogP contribution in [0.3, 0.4) is 0 Å². The van der Waals surface area contributed by atoms with Crippen LogP contribution < -0.4 is 5.32 Å². The molecule has 0 atom stereocenters. The van der Waals surface area contributed by atoms with Crippen LogP contribution in [0.1, 0.15) is 11.3 Å². The van der Waals surface area contributed by atoms with Crippen LogP contribution in [0.25, 0.3) is 10.6 Å². The first kappa shape index (κ1) is 19.2. The molecule has 1 amide bonds. The van der Waals surface area contributed by atoms with Crippen molar-refractivity contribution in [2.24, 2.45) is 0 Å². The molecule has 3 rings (SSSR count). The SMILES string of the molecule is Cc1ccc(NC(=O)CS(=O)(=O)Cc2csc(-c3ccc(F)cc3)n2)cc1. The van der Waals surface area contributed by atoms with Crippen molar-refractivity contribution in [2.45, 2.75) is 12.7 Å². The number of aromatic nitrogens is 1. The quantitative estimate of drug-likeness (QED) is 0.678. The van der Waals surface area contributed by atoms with Crippen LogP contribution >= 0.6 is 11.3 Å². The molecule has 3 aromatic rings. The lowest BCUT2D eigenvalue weighted by molar-refractivity contribution is -0.113. The van der Waals surface area contributed by atoms with E-state index in [-0.39, 0.29) is 11.6 Å². The number of carbonyl (C=O) groups excluding carboxylic acids is 1. The van der Waals surface area contributed by atoms with E-state index in [1.165, 1.54) is 23.5 Å². The third kappa shape index (κ3) is 5.45. The van der Waals surface area contributed by atoms with E-state index in [4.69, 9.17) is 0 Å². The predicted octanol–water partition coefficient (Wildman–Crippen LogP) is 3.81. The van der Waals surface area contributed by atoms with E-state index < -0.39 is 21.5 Å². The van der Waals surface area contributed by atoms with Crippen LogP contribution in [0.2, 0.25) is 0 Å². The maximum absolute atomic E-state index is 13.0. The molecule has 1 heterocycles. The molecule has 0 fully saturated rings. The van der Waals surface area contributed by atoms with Gasteiger partial charge in [-0.25, -0.2) is 17.8 Å². The van der Waals surface area contributed by atoms with Crippen LogP contribution in [-0.4, -0.2) is 25.1 Å². The third-order valence-electron chi connectivity index (χ3n) is 3.70. The number of carbonyl (C=O) groups is 1. The number of rotatable bonds is 6. The fraction of sp³-hybridized carbons (Fsp3) is 0.158. The second-order valence-corrected chi connectivity index (χ2v) is 9.02. The summed E-state index contributed by atoms with van der Waals surface area (Å²) in [5.74, 6) is -1.89. The lowest BCUT2D eigenvalue weighted by Crippen LogP contribution is -2.24. The van der Waals surface area contributed by atoms with Crippen molar-refractivity contribution in [1.82, 2.24) is 4.98 Å². The highest BCUT2D eigenvalue weighted by molar-refractivity contribution is 7.91. The number of hydrogen-bond donors (Lipinski definition) is 1. The van der Waals surface area contributed by atoms with Crippen LogP contribution in [0.15, 0.2) is 53.9 Å². The summed E-state index contributed by atoms with van der Waals surface area (Å²) in [4.78, 5) is 16.3. The number of amides is 1. The Balaban J connectivity index is 1.63. The molecule has 2 aromatic carbocycles. The highest BCUT2D eigenvalue weighted by Crippen LogP contribution is 2.24. The highest BCUT2D eigenvalue weighted by atomic mass is 32.2. The normalized spacial score (nSPS) is 11.3. The number of thiazole rings is 1. The van der Waals surface area contributed by atoms with Gasteiger partial charge >= 0.3 is 0 Å². The Kier molecular flexibility index (Phi) is 5.67. The van der Waals surface area contributed by atoms with Gasteiger partial charge in [0.1, 0.15) is 16.6 Å². The Bertz CT molecular complexity index is 1040. The van der Waals surface area contributed by atoms with Gasteiger partial charge < -0.3 is 5.32 Å². The molecular formula is C19H17FN2O3S2. The van der Waals surface area contributed by atoms with Crippen molar-refractivity contribution in [3.8, 4) is 10.6 Å². The van der Waals surface area contributed by atoms with Gasteiger partial charge in [0, 0.05) is 16.6 Å². The fourth-order valence-corrected chi connectivity index (χ4v) is 4.51. The van der Waals surface area contributed by atoms with Gasteiger partial charge in [-0.05, 0) is 43.3 Å². The van der Waals surface area contributed by atoms with Gasteiger partial charge in [-0.2, -0.15) is 0 Å². The molecule has 0 spiro atoms. The van der Waals surface area contributed by atoms with E-state index in [1.54, 1.807) is 29.6 Å². The van der Waals surface area contributed by atoms with Crippen LogP contribution in [0, 0.1) is 12.7 Å². The van der Waals surface area contributed by atoms with Gasteiger partial charge in [-0.1, -0.05) is 17.7 Å². The van der Waals surface area contributed by atoms with Crippen molar-refractivity contribution < 1.29 is 17.6 Å². The zero-order valence-electron chi connectivity index (χ0n) is 14.5. The van der Waals surface area contributed by atoms with Crippen molar-refractivity contribution in [3.05, 3.63) is 71.0 Å². The Morgan fingerprint density at radius 1 is 1.11 bits per heavy atom. The third-order valence-corrected chi connectivity index (χ3v) is 6.07. The summed E-state index contributed by atoms with van der Waals surface area (Å²) < 4.78 is 37.6. The number of hydrogen-bond acceptors (Lipinski definition) is 5. The maximum Gasteiger partial charge on any atom is 0.239 e. The molecule has 0 aliphatic rings. The molecule has 1 aromatic heterocycles. The second kappa shape index (κ2) is 7.98. The van der Waals surface area contributed by atoms with E-state index in [1.807, 2.05) is 19.1 Å². The standard InChI is InChI=1S/C19H17FN2O3S2/c1-13-2-8-16(9-3-13)21-18(23)12-27(24,25)11-17-10-26-19(22-17)14-4-6-15(20)7-5-14/h2-10H,11-12H2,1H3,(H,21,23). The molecule has 0 bridgehead atoms. The lowest BCUT2D eigenvalue weighted by atomic mass is 10.2. The summed E-state index contributed by atoms with van der Waals surface area (Å²) in [6.45, 7) is 1.92. The maximum atomic E-state index is 13.0. The first-order chi connectivity index (χ1) is 12.8. The summed E-state index contributed by atoms with van der Waals surface area (Å²) in [7, 11) is -3.67. The molecule has 8 heteroatoms.